The standard InChI is InChI=1S/C43H43ClO7/c1-3-46-37-22-19-31(20-23-37)25-35-26-36(21-24-38(35)44)43(45-2)41(49-29-34-17-11-6-12-18-34)39(47-27-32-13-7-4-8-14-32)40(42(51-43)30-50-42)48-28-33-15-9-5-10-16-33/h4-24,26,39-41H,3,25,27-30H2,1-2H3/t39-,40-,41+,42?,43-/m0/s1. The highest BCUT2D eigenvalue weighted by atomic mass is 35.5. The van der Waals surface area contributed by atoms with E-state index in [0.29, 0.717) is 37.9 Å². The average Bonchev–Trinajstić information content (AvgIpc) is 3.95. The van der Waals surface area contributed by atoms with Crippen LogP contribution in [0.2, 0.25) is 5.02 Å². The summed E-state index contributed by atoms with van der Waals surface area (Å²) < 4.78 is 45.9. The lowest BCUT2D eigenvalue weighted by molar-refractivity contribution is -0.405. The molecule has 264 valence electrons. The molecule has 0 radical (unpaired) electrons. The van der Waals surface area contributed by atoms with E-state index in [-0.39, 0.29) is 6.61 Å². The maximum absolute atomic E-state index is 7.05. The fourth-order valence-electron chi connectivity index (χ4n) is 6.70. The zero-order valence-electron chi connectivity index (χ0n) is 28.9. The van der Waals surface area contributed by atoms with Crippen molar-refractivity contribution < 1.29 is 33.2 Å². The molecule has 2 aliphatic rings. The molecule has 0 aromatic heterocycles. The first-order valence-corrected chi connectivity index (χ1v) is 17.8. The number of hydrogen-bond acceptors (Lipinski definition) is 7. The summed E-state index contributed by atoms with van der Waals surface area (Å²) in [6, 6.07) is 44.1. The van der Waals surface area contributed by atoms with Crippen LogP contribution in [-0.4, -0.2) is 44.4 Å². The van der Waals surface area contributed by atoms with Crippen LogP contribution < -0.4 is 4.74 Å². The Bertz CT molecular complexity index is 1830. The van der Waals surface area contributed by atoms with Gasteiger partial charge in [-0.3, -0.25) is 0 Å². The van der Waals surface area contributed by atoms with Gasteiger partial charge < -0.3 is 33.2 Å². The molecular weight excluding hydrogens is 664 g/mol. The van der Waals surface area contributed by atoms with Crippen LogP contribution in [0.4, 0.5) is 0 Å². The zero-order chi connectivity index (χ0) is 35.1. The largest absolute Gasteiger partial charge is 0.494 e. The van der Waals surface area contributed by atoms with Crippen molar-refractivity contribution in [2.45, 2.75) is 63.1 Å². The van der Waals surface area contributed by atoms with E-state index in [4.69, 9.17) is 44.8 Å². The molecule has 5 atom stereocenters. The summed E-state index contributed by atoms with van der Waals surface area (Å²) in [5.41, 5.74) is 5.78. The van der Waals surface area contributed by atoms with Gasteiger partial charge in [-0.2, -0.15) is 0 Å². The Morgan fingerprint density at radius 1 is 0.667 bits per heavy atom. The molecule has 0 aliphatic carbocycles. The van der Waals surface area contributed by atoms with Gasteiger partial charge in [0, 0.05) is 17.7 Å². The van der Waals surface area contributed by atoms with Crippen molar-refractivity contribution in [2.75, 3.05) is 20.3 Å². The van der Waals surface area contributed by atoms with E-state index in [1.165, 1.54) is 0 Å². The molecule has 0 saturated carbocycles. The van der Waals surface area contributed by atoms with Crippen LogP contribution in [0.15, 0.2) is 133 Å². The molecule has 1 spiro atoms. The lowest BCUT2D eigenvalue weighted by Gasteiger charge is -2.51. The van der Waals surface area contributed by atoms with Crippen molar-refractivity contribution in [3.8, 4) is 5.75 Å². The summed E-state index contributed by atoms with van der Waals surface area (Å²) in [6.45, 7) is 3.84. The fourth-order valence-corrected chi connectivity index (χ4v) is 6.88. The molecule has 5 aromatic rings. The molecule has 1 unspecified atom stereocenters. The molecule has 2 saturated heterocycles. The number of halogens is 1. The van der Waals surface area contributed by atoms with Gasteiger partial charge in [0.2, 0.25) is 11.6 Å². The third-order valence-electron chi connectivity index (χ3n) is 9.37. The van der Waals surface area contributed by atoms with Gasteiger partial charge in [-0.15, -0.1) is 0 Å². The third kappa shape index (κ3) is 8.06. The number of rotatable bonds is 15. The van der Waals surface area contributed by atoms with Crippen molar-refractivity contribution in [2.24, 2.45) is 0 Å². The van der Waals surface area contributed by atoms with Crippen LogP contribution in [0.5, 0.6) is 5.75 Å². The number of epoxide rings is 1. The molecule has 0 bridgehead atoms. The number of benzene rings is 5. The second-order valence-corrected chi connectivity index (χ2v) is 13.2. The zero-order valence-corrected chi connectivity index (χ0v) is 29.7. The predicted octanol–water partition coefficient (Wildman–Crippen LogP) is 8.64. The van der Waals surface area contributed by atoms with Gasteiger partial charge in [0.05, 0.1) is 26.4 Å². The van der Waals surface area contributed by atoms with Crippen molar-refractivity contribution in [1.29, 1.82) is 0 Å². The van der Waals surface area contributed by atoms with Crippen LogP contribution in [0.25, 0.3) is 0 Å². The van der Waals surface area contributed by atoms with Crippen LogP contribution >= 0.6 is 11.6 Å². The first kappa shape index (κ1) is 35.4. The fraction of sp³-hybridized carbons (Fsp3) is 0.302. The van der Waals surface area contributed by atoms with Gasteiger partial charge in [0.25, 0.3) is 0 Å². The third-order valence-corrected chi connectivity index (χ3v) is 9.74. The first-order chi connectivity index (χ1) is 25.0. The Balaban J connectivity index is 1.28. The van der Waals surface area contributed by atoms with Crippen molar-refractivity contribution in [3.63, 3.8) is 0 Å². The second kappa shape index (κ2) is 16.1. The van der Waals surface area contributed by atoms with Gasteiger partial charge in [-0.25, -0.2) is 0 Å². The summed E-state index contributed by atoms with van der Waals surface area (Å²) in [5.74, 6) is -1.75. The maximum Gasteiger partial charge on any atom is 0.227 e. The number of ether oxygens (including phenoxy) is 7. The Morgan fingerprint density at radius 3 is 1.75 bits per heavy atom. The Morgan fingerprint density at radius 2 is 1.22 bits per heavy atom. The molecular formula is C43H43ClO7. The lowest BCUT2D eigenvalue weighted by atomic mass is 9.86. The van der Waals surface area contributed by atoms with E-state index in [2.05, 4.69) is 12.1 Å². The van der Waals surface area contributed by atoms with Gasteiger partial charge in [-0.1, -0.05) is 121 Å². The van der Waals surface area contributed by atoms with Crippen LogP contribution in [0.3, 0.4) is 0 Å². The Labute approximate surface area is 304 Å². The quantitative estimate of drug-likeness (QED) is 0.101. The van der Waals surface area contributed by atoms with Crippen molar-refractivity contribution in [1.82, 2.24) is 0 Å². The monoisotopic (exact) mass is 706 g/mol. The molecule has 0 N–H and O–H groups in total. The molecule has 2 heterocycles. The topological polar surface area (TPSA) is 67.9 Å². The molecule has 7 rings (SSSR count). The number of methoxy groups -OCH3 is 1. The van der Waals surface area contributed by atoms with Crippen LogP contribution in [-0.2, 0) is 60.4 Å². The molecule has 7 nitrogen and oxygen atoms in total. The predicted molar refractivity (Wildman–Crippen MR) is 195 cm³/mol. The summed E-state index contributed by atoms with van der Waals surface area (Å²) in [4.78, 5) is 0. The molecule has 0 amide bonds. The van der Waals surface area contributed by atoms with Crippen molar-refractivity contribution in [3.05, 3.63) is 172 Å². The van der Waals surface area contributed by atoms with E-state index < -0.39 is 29.9 Å². The highest BCUT2D eigenvalue weighted by Gasteiger charge is 2.70. The minimum absolute atomic E-state index is 0.289. The molecule has 51 heavy (non-hydrogen) atoms. The highest BCUT2D eigenvalue weighted by molar-refractivity contribution is 6.31. The van der Waals surface area contributed by atoms with Gasteiger partial charge in [0.15, 0.2) is 0 Å². The Kier molecular flexibility index (Phi) is 11.2. The van der Waals surface area contributed by atoms with E-state index in [9.17, 15) is 0 Å². The summed E-state index contributed by atoms with van der Waals surface area (Å²) >= 11 is 6.86. The number of hydrogen-bond donors (Lipinski definition) is 0. The van der Waals surface area contributed by atoms with Gasteiger partial charge in [-0.05, 0) is 65.4 Å². The molecule has 5 aromatic carbocycles. The summed E-state index contributed by atoms with van der Waals surface area (Å²) in [6.07, 6.45) is -1.51. The minimum atomic E-state index is -1.45. The van der Waals surface area contributed by atoms with E-state index >= 15 is 0 Å². The minimum Gasteiger partial charge on any atom is -0.494 e. The first-order valence-electron chi connectivity index (χ1n) is 17.4. The highest BCUT2D eigenvalue weighted by Crippen LogP contribution is 2.53. The van der Waals surface area contributed by atoms with E-state index in [1.807, 2.05) is 128 Å². The SMILES string of the molecule is CCOc1ccc(Cc2cc([C@]3(OC)OC4(CO4)[C@@H](OCc4ccccc4)[C@H](OCc4ccccc4)[C@H]3OCc3ccccc3)ccc2Cl)cc1. The van der Waals surface area contributed by atoms with Crippen LogP contribution in [0.1, 0.15) is 40.3 Å². The smallest absolute Gasteiger partial charge is 0.227 e. The Hall–Kier alpha value is -4.05. The lowest BCUT2D eigenvalue weighted by Crippen LogP contribution is -2.67. The van der Waals surface area contributed by atoms with Crippen molar-refractivity contribution >= 4 is 11.6 Å². The summed E-state index contributed by atoms with van der Waals surface area (Å²) in [7, 11) is 1.63. The average molecular weight is 707 g/mol. The molecule has 2 fully saturated rings. The van der Waals surface area contributed by atoms with E-state index in [1.54, 1.807) is 7.11 Å². The second-order valence-electron chi connectivity index (χ2n) is 12.8. The molecule has 8 heteroatoms. The van der Waals surface area contributed by atoms with Crippen LogP contribution in [0, 0.1) is 0 Å². The normalized spacial score (nSPS) is 24.0. The molecule has 2 aliphatic heterocycles. The van der Waals surface area contributed by atoms with Gasteiger partial charge >= 0.3 is 0 Å². The summed E-state index contributed by atoms with van der Waals surface area (Å²) in [5, 5.41) is 0.634. The maximum atomic E-state index is 7.05. The van der Waals surface area contributed by atoms with E-state index in [0.717, 1.165) is 39.1 Å². The van der Waals surface area contributed by atoms with Gasteiger partial charge in [0.1, 0.15) is 30.7 Å².